The van der Waals surface area contributed by atoms with Gasteiger partial charge >= 0.3 is 0 Å². The molecule has 0 fully saturated rings. The van der Waals surface area contributed by atoms with Crippen molar-refractivity contribution in [1.29, 1.82) is 5.26 Å². The standard InChI is InChI=1S/C20H20N2O/c1-16-9-11-18(12-10-16)14-19(15-21)20(23)22-13-5-8-17-6-3-2-4-7-17/h2-4,6-7,9-12,14H,5,8,13H2,1H3,(H,22,23)/b19-14-. The third-order valence-corrected chi connectivity index (χ3v) is 3.52. The van der Waals surface area contributed by atoms with Gasteiger partial charge in [-0.1, -0.05) is 60.2 Å². The van der Waals surface area contributed by atoms with Crippen LogP contribution >= 0.6 is 0 Å². The summed E-state index contributed by atoms with van der Waals surface area (Å²) in [4.78, 5) is 12.1. The lowest BCUT2D eigenvalue weighted by molar-refractivity contribution is -0.117. The predicted octanol–water partition coefficient (Wildman–Crippen LogP) is 3.65. The van der Waals surface area contributed by atoms with E-state index in [9.17, 15) is 4.79 Å². The number of nitrogens with zero attached hydrogens (tertiary/aromatic N) is 1. The maximum absolute atomic E-state index is 12.1. The van der Waals surface area contributed by atoms with E-state index < -0.39 is 0 Å². The third-order valence-electron chi connectivity index (χ3n) is 3.52. The van der Waals surface area contributed by atoms with Crippen molar-refractivity contribution in [1.82, 2.24) is 5.32 Å². The summed E-state index contributed by atoms with van der Waals surface area (Å²) in [6.45, 7) is 2.55. The molecular formula is C20H20N2O. The lowest BCUT2D eigenvalue weighted by atomic mass is 10.1. The summed E-state index contributed by atoms with van der Waals surface area (Å²) in [5, 5.41) is 12.0. The number of carbonyl (C=O) groups is 1. The molecule has 0 heterocycles. The third kappa shape index (κ3) is 5.44. The van der Waals surface area contributed by atoms with Gasteiger partial charge in [-0.2, -0.15) is 5.26 Å². The van der Waals surface area contributed by atoms with E-state index in [1.165, 1.54) is 5.56 Å². The number of nitriles is 1. The fourth-order valence-corrected chi connectivity index (χ4v) is 2.21. The summed E-state index contributed by atoms with van der Waals surface area (Å²) in [7, 11) is 0. The number of carbonyl (C=O) groups excluding carboxylic acids is 1. The van der Waals surface area contributed by atoms with Crippen LogP contribution in [0.2, 0.25) is 0 Å². The van der Waals surface area contributed by atoms with Crippen molar-refractivity contribution in [3.63, 3.8) is 0 Å². The Balaban J connectivity index is 1.85. The molecule has 0 aliphatic heterocycles. The highest BCUT2D eigenvalue weighted by atomic mass is 16.1. The molecule has 0 spiro atoms. The number of hydrogen-bond donors (Lipinski definition) is 1. The van der Waals surface area contributed by atoms with Gasteiger partial charge in [0.2, 0.25) is 0 Å². The van der Waals surface area contributed by atoms with Crippen molar-refractivity contribution < 1.29 is 4.79 Å². The van der Waals surface area contributed by atoms with E-state index in [4.69, 9.17) is 5.26 Å². The summed E-state index contributed by atoms with van der Waals surface area (Å²) in [5.74, 6) is -0.318. The Hall–Kier alpha value is -2.86. The molecule has 1 N–H and O–H groups in total. The van der Waals surface area contributed by atoms with Crippen molar-refractivity contribution >= 4 is 12.0 Å². The van der Waals surface area contributed by atoms with E-state index in [2.05, 4.69) is 17.4 Å². The van der Waals surface area contributed by atoms with Gasteiger partial charge in [0.15, 0.2) is 0 Å². The number of nitrogens with one attached hydrogen (secondary N) is 1. The van der Waals surface area contributed by atoms with E-state index in [0.29, 0.717) is 6.54 Å². The molecule has 1 amide bonds. The largest absolute Gasteiger partial charge is 0.351 e. The van der Waals surface area contributed by atoms with Gasteiger partial charge in [0, 0.05) is 6.54 Å². The minimum Gasteiger partial charge on any atom is -0.351 e. The van der Waals surface area contributed by atoms with Crippen molar-refractivity contribution in [2.24, 2.45) is 0 Å². The molecule has 0 radical (unpaired) electrons. The van der Waals surface area contributed by atoms with Gasteiger partial charge in [-0.15, -0.1) is 0 Å². The van der Waals surface area contributed by atoms with Gasteiger partial charge in [0.05, 0.1) is 0 Å². The summed E-state index contributed by atoms with van der Waals surface area (Å²) in [5.41, 5.74) is 3.38. The zero-order chi connectivity index (χ0) is 16.5. The molecule has 23 heavy (non-hydrogen) atoms. The Morgan fingerprint density at radius 2 is 1.83 bits per heavy atom. The number of rotatable bonds is 6. The first-order valence-electron chi connectivity index (χ1n) is 7.69. The summed E-state index contributed by atoms with van der Waals surface area (Å²) < 4.78 is 0. The molecule has 0 aromatic heterocycles. The SMILES string of the molecule is Cc1ccc(/C=C(/C#N)C(=O)NCCCc2ccccc2)cc1. The van der Waals surface area contributed by atoms with Crippen LogP contribution in [-0.2, 0) is 11.2 Å². The van der Waals surface area contributed by atoms with Crippen molar-refractivity contribution in [3.8, 4) is 6.07 Å². The normalized spacial score (nSPS) is 10.9. The number of benzene rings is 2. The van der Waals surface area contributed by atoms with Crippen LogP contribution in [0.1, 0.15) is 23.1 Å². The molecule has 0 aliphatic carbocycles. The summed E-state index contributed by atoms with van der Waals surface area (Å²) in [6, 6.07) is 19.8. The number of amides is 1. The van der Waals surface area contributed by atoms with Crippen LogP contribution in [0, 0.1) is 18.3 Å². The molecule has 0 saturated heterocycles. The zero-order valence-corrected chi connectivity index (χ0v) is 13.3. The van der Waals surface area contributed by atoms with E-state index >= 15 is 0 Å². The molecule has 2 aromatic carbocycles. The summed E-state index contributed by atoms with van der Waals surface area (Å²) >= 11 is 0. The van der Waals surface area contributed by atoms with Gasteiger partial charge in [-0.25, -0.2) is 0 Å². The Morgan fingerprint density at radius 1 is 1.13 bits per heavy atom. The van der Waals surface area contributed by atoms with E-state index in [1.807, 2.05) is 55.5 Å². The minimum absolute atomic E-state index is 0.133. The van der Waals surface area contributed by atoms with Gasteiger partial charge in [0.25, 0.3) is 5.91 Å². The molecule has 0 atom stereocenters. The van der Waals surface area contributed by atoms with E-state index in [1.54, 1.807) is 6.08 Å². The van der Waals surface area contributed by atoms with Crippen molar-refractivity contribution in [3.05, 3.63) is 76.9 Å². The predicted molar refractivity (Wildman–Crippen MR) is 92.5 cm³/mol. The first-order valence-corrected chi connectivity index (χ1v) is 7.69. The minimum atomic E-state index is -0.318. The average Bonchev–Trinajstić information content (AvgIpc) is 2.59. The maximum atomic E-state index is 12.1. The molecular weight excluding hydrogens is 284 g/mol. The van der Waals surface area contributed by atoms with Crippen LogP contribution in [0.5, 0.6) is 0 Å². The van der Waals surface area contributed by atoms with Crippen LogP contribution in [0.25, 0.3) is 6.08 Å². The van der Waals surface area contributed by atoms with Crippen molar-refractivity contribution in [2.45, 2.75) is 19.8 Å². The quantitative estimate of drug-likeness (QED) is 0.503. The smallest absolute Gasteiger partial charge is 0.261 e. The van der Waals surface area contributed by atoms with Crippen LogP contribution in [-0.4, -0.2) is 12.5 Å². The lowest BCUT2D eigenvalue weighted by Gasteiger charge is -2.05. The second-order valence-electron chi connectivity index (χ2n) is 5.43. The van der Waals surface area contributed by atoms with Gasteiger partial charge in [-0.05, 0) is 37.0 Å². The average molecular weight is 304 g/mol. The molecule has 0 bridgehead atoms. The molecule has 0 aliphatic rings. The molecule has 3 nitrogen and oxygen atoms in total. The molecule has 0 saturated carbocycles. The Kier molecular flexibility index (Phi) is 6.14. The zero-order valence-electron chi connectivity index (χ0n) is 13.3. The van der Waals surface area contributed by atoms with Crippen LogP contribution in [0.15, 0.2) is 60.2 Å². The molecule has 3 heteroatoms. The number of aryl methyl sites for hydroxylation is 2. The van der Waals surface area contributed by atoms with Crippen molar-refractivity contribution in [2.75, 3.05) is 6.54 Å². The van der Waals surface area contributed by atoms with Gasteiger partial charge < -0.3 is 5.32 Å². The van der Waals surface area contributed by atoms with E-state index in [-0.39, 0.29) is 11.5 Å². The van der Waals surface area contributed by atoms with Crippen LogP contribution in [0.3, 0.4) is 0 Å². The fourth-order valence-electron chi connectivity index (χ4n) is 2.21. The Morgan fingerprint density at radius 3 is 2.48 bits per heavy atom. The first-order chi connectivity index (χ1) is 11.2. The number of hydrogen-bond acceptors (Lipinski definition) is 2. The summed E-state index contributed by atoms with van der Waals surface area (Å²) in [6.07, 6.45) is 3.37. The maximum Gasteiger partial charge on any atom is 0.261 e. The Bertz CT molecular complexity index is 710. The van der Waals surface area contributed by atoms with Gasteiger partial charge in [0.1, 0.15) is 11.6 Å². The van der Waals surface area contributed by atoms with Gasteiger partial charge in [-0.3, -0.25) is 4.79 Å². The van der Waals surface area contributed by atoms with E-state index in [0.717, 1.165) is 24.0 Å². The highest BCUT2D eigenvalue weighted by Gasteiger charge is 2.08. The highest BCUT2D eigenvalue weighted by Crippen LogP contribution is 2.08. The second-order valence-corrected chi connectivity index (χ2v) is 5.43. The molecule has 2 rings (SSSR count). The topological polar surface area (TPSA) is 52.9 Å². The molecule has 116 valence electrons. The van der Waals surface area contributed by atoms with Crippen LogP contribution in [0.4, 0.5) is 0 Å². The molecule has 0 unspecified atom stereocenters. The lowest BCUT2D eigenvalue weighted by Crippen LogP contribution is -2.25. The highest BCUT2D eigenvalue weighted by molar-refractivity contribution is 6.01. The molecule has 2 aromatic rings. The fraction of sp³-hybridized carbons (Fsp3) is 0.200. The second kappa shape index (κ2) is 8.55. The van der Waals surface area contributed by atoms with Crippen LogP contribution < -0.4 is 5.32 Å². The monoisotopic (exact) mass is 304 g/mol. The Labute approximate surface area is 137 Å². The first kappa shape index (κ1) is 16.5.